The van der Waals surface area contributed by atoms with Gasteiger partial charge in [-0.15, -0.1) is 0 Å². The lowest BCUT2D eigenvalue weighted by Gasteiger charge is -2.67. The summed E-state index contributed by atoms with van der Waals surface area (Å²) in [5, 5.41) is 41.1. The van der Waals surface area contributed by atoms with E-state index in [4.69, 9.17) is 23.7 Å². The molecule has 17 heteroatoms. The summed E-state index contributed by atoms with van der Waals surface area (Å²) in [7, 11) is 0. The van der Waals surface area contributed by atoms with Gasteiger partial charge in [0.15, 0.2) is 23.6 Å². The number of imidazole rings is 1. The minimum absolute atomic E-state index is 0.0519. The first-order chi connectivity index (χ1) is 33.3. The maximum Gasteiger partial charge on any atom is 0.420 e. The molecule has 0 spiro atoms. The SMILES string of the molecule is CC(=O)O[C@@]12CO[C@@H]1C[C@H](O)[C@@]1(C)C(=O)[C@H](OC(=O)n3cnc4ccccc43)C3=C(C)[C@@H](OC(=O)[C@H](O)C(NC(=O)c4ccccc4)c4ccccc4)C[C@@](O)([C@@H](OC(=O)c4ccccc4)C12)C3(C)C. The van der Waals surface area contributed by atoms with E-state index < -0.39 is 113 Å². The van der Waals surface area contributed by atoms with Crippen LogP contribution in [0.2, 0.25) is 0 Å². The van der Waals surface area contributed by atoms with Crippen LogP contribution >= 0.6 is 0 Å². The molecule has 4 N–H and O–H groups in total. The normalized spacial score (nSPS) is 29.6. The Morgan fingerprint density at radius 2 is 1.46 bits per heavy atom. The number of hydrogen-bond acceptors (Lipinski definition) is 15. The average Bonchev–Trinajstić information content (AvgIpc) is 3.79. The zero-order valence-electron chi connectivity index (χ0n) is 39.0. The van der Waals surface area contributed by atoms with Crippen LogP contribution in [-0.2, 0) is 38.1 Å². The molecule has 5 aromatic rings. The smallest absolute Gasteiger partial charge is 0.420 e. The lowest BCUT2D eigenvalue weighted by Crippen LogP contribution is -2.82. The van der Waals surface area contributed by atoms with Gasteiger partial charge in [0, 0.05) is 30.7 Å². The van der Waals surface area contributed by atoms with E-state index in [0.717, 1.165) is 11.5 Å². The van der Waals surface area contributed by atoms with Crippen molar-refractivity contribution in [2.24, 2.45) is 16.7 Å². The van der Waals surface area contributed by atoms with Gasteiger partial charge in [0.2, 0.25) is 0 Å². The van der Waals surface area contributed by atoms with Crippen LogP contribution in [0.3, 0.4) is 0 Å². The summed E-state index contributed by atoms with van der Waals surface area (Å²) in [6.45, 7) is 6.84. The Labute approximate surface area is 402 Å². The largest absolute Gasteiger partial charge is 0.456 e. The number of ketones is 1. The van der Waals surface area contributed by atoms with Crippen LogP contribution in [0.1, 0.15) is 79.8 Å². The first-order valence-electron chi connectivity index (χ1n) is 23.0. The minimum atomic E-state index is -2.47. The van der Waals surface area contributed by atoms with Crippen molar-refractivity contribution >= 4 is 46.7 Å². The molecular weight excluding hydrogens is 903 g/mol. The van der Waals surface area contributed by atoms with Gasteiger partial charge in [-0.25, -0.2) is 23.9 Å². The van der Waals surface area contributed by atoms with Crippen molar-refractivity contribution in [1.29, 1.82) is 0 Å². The van der Waals surface area contributed by atoms with Crippen molar-refractivity contribution in [2.45, 2.75) is 101 Å². The van der Waals surface area contributed by atoms with Gasteiger partial charge >= 0.3 is 24.0 Å². The molecule has 2 bridgehead atoms. The third-order valence-corrected chi connectivity index (χ3v) is 15.1. The van der Waals surface area contributed by atoms with Gasteiger partial charge in [0.25, 0.3) is 5.91 Å². The number of aliphatic hydroxyl groups is 3. The number of hydrogen-bond donors (Lipinski definition) is 4. The van der Waals surface area contributed by atoms with Gasteiger partial charge in [-0.05, 0) is 67.0 Å². The first-order valence-corrected chi connectivity index (χ1v) is 23.0. The van der Waals surface area contributed by atoms with E-state index in [1.165, 1.54) is 32.3 Å². The van der Waals surface area contributed by atoms with E-state index in [1.54, 1.807) is 117 Å². The predicted octanol–water partition coefficient (Wildman–Crippen LogP) is 5.21. The fourth-order valence-electron chi connectivity index (χ4n) is 11.3. The van der Waals surface area contributed by atoms with Crippen molar-refractivity contribution in [3.05, 3.63) is 149 Å². The van der Waals surface area contributed by atoms with E-state index in [2.05, 4.69) is 10.3 Å². The Kier molecular flexibility index (Phi) is 12.4. The van der Waals surface area contributed by atoms with Crippen LogP contribution in [0, 0.1) is 16.7 Å². The molecule has 4 aromatic carbocycles. The van der Waals surface area contributed by atoms with E-state index in [0.29, 0.717) is 16.6 Å². The molecule has 4 aliphatic rings. The molecule has 2 unspecified atom stereocenters. The molecule has 3 fully saturated rings. The van der Waals surface area contributed by atoms with Crippen molar-refractivity contribution in [3.8, 4) is 0 Å². The third kappa shape index (κ3) is 7.77. The first kappa shape index (κ1) is 48.0. The molecule has 0 radical (unpaired) electrons. The number of aromatic nitrogens is 2. The number of amides is 1. The summed E-state index contributed by atoms with van der Waals surface area (Å²) >= 11 is 0. The summed E-state index contributed by atoms with van der Waals surface area (Å²) in [5.74, 6) is -6.15. The molecule has 17 nitrogen and oxygen atoms in total. The Morgan fingerprint density at radius 1 is 0.843 bits per heavy atom. The Morgan fingerprint density at radius 3 is 2.09 bits per heavy atom. The van der Waals surface area contributed by atoms with Gasteiger partial charge in [0.1, 0.15) is 30.2 Å². The van der Waals surface area contributed by atoms with Crippen LogP contribution in [-0.4, -0.2) is 115 Å². The van der Waals surface area contributed by atoms with Crippen molar-refractivity contribution in [1.82, 2.24) is 14.9 Å². The van der Waals surface area contributed by atoms with Gasteiger partial charge in [-0.2, -0.15) is 0 Å². The quantitative estimate of drug-likeness (QED) is 0.0799. The molecule has 9 rings (SSSR count). The molecule has 2 heterocycles. The predicted molar refractivity (Wildman–Crippen MR) is 248 cm³/mol. The van der Waals surface area contributed by atoms with Gasteiger partial charge in [0.05, 0.1) is 46.7 Å². The molecule has 70 heavy (non-hydrogen) atoms. The molecule has 1 amide bonds. The van der Waals surface area contributed by atoms with Crippen LogP contribution in [0.25, 0.3) is 11.0 Å². The second-order valence-electron chi connectivity index (χ2n) is 19.2. The molecular formula is C53H53N3O14. The number of Topliss-reactive ketones (excluding diaryl/α,β-unsaturated/α-hetero) is 1. The number of esters is 3. The van der Waals surface area contributed by atoms with E-state index in [-0.39, 0.29) is 35.3 Å². The molecule has 3 aliphatic carbocycles. The number of rotatable bonds is 10. The number of fused-ring (bicyclic) bond motifs is 6. The zero-order valence-corrected chi connectivity index (χ0v) is 39.0. The Bertz CT molecular complexity index is 2900. The number of benzene rings is 4. The average molecular weight is 956 g/mol. The minimum Gasteiger partial charge on any atom is -0.456 e. The van der Waals surface area contributed by atoms with Crippen LogP contribution in [0.4, 0.5) is 4.79 Å². The fraction of sp³-hybridized carbons (Fsp3) is 0.377. The highest BCUT2D eigenvalue weighted by Gasteiger charge is 2.78. The zero-order chi connectivity index (χ0) is 49.9. The van der Waals surface area contributed by atoms with Gasteiger partial charge in [-0.3, -0.25) is 14.4 Å². The highest BCUT2D eigenvalue weighted by atomic mass is 16.6. The number of aliphatic hydroxyl groups excluding tert-OH is 2. The summed E-state index contributed by atoms with van der Waals surface area (Å²) in [5.41, 5.74) is -6.72. The highest BCUT2D eigenvalue weighted by molar-refractivity contribution is 5.97. The lowest BCUT2D eigenvalue weighted by atomic mass is 9.44. The summed E-state index contributed by atoms with van der Waals surface area (Å²) in [4.78, 5) is 90.9. The highest BCUT2D eigenvalue weighted by Crippen LogP contribution is 2.64. The van der Waals surface area contributed by atoms with Crippen molar-refractivity contribution in [2.75, 3.05) is 6.61 Å². The third-order valence-electron chi connectivity index (χ3n) is 15.1. The van der Waals surface area contributed by atoms with Crippen LogP contribution < -0.4 is 5.32 Å². The fourth-order valence-corrected chi connectivity index (χ4v) is 11.3. The molecule has 1 aromatic heterocycles. The summed E-state index contributed by atoms with van der Waals surface area (Å²) in [6, 6.07) is 29.6. The Hall–Kier alpha value is -7.05. The summed E-state index contributed by atoms with van der Waals surface area (Å²) in [6.07, 6.45) is -10.9. The number of carbonyl (C=O) groups is 6. The standard InChI is InChI=1S/C53H53N3O14/c1-29-36(67-48(63)41(59)40(31-17-9-6-10-18-31)55-46(61)32-19-11-7-12-20-32)26-53(65)45(69-47(62)33-21-13-8-14-22-33)43-51(5,37(58)25-38-52(43,27-66-38)70-30(2)57)44(60)42(39(29)50(53,3)4)68-49(64)56-28-54-34-23-15-16-24-35(34)56/h6-24,28,36-38,40-43,45,58-59,65H,25-27H2,1-5H3,(H,55,61)/t36-,37-,38+,40?,41+,42+,43?,45-,51+,52-,53+/m0/s1. The number of carbonyl (C=O) groups excluding carboxylic acids is 6. The van der Waals surface area contributed by atoms with E-state index in [9.17, 15) is 39.3 Å². The second-order valence-corrected chi connectivity index (χ2v) is 19.2. The van der Waals surface area contributed by atoms with Gasteiger partial charge < -0.3 is 44.3 Å². The van der Waals surface area contributed by atoms with Crippen LogP contribution in [0.15, 0.2) is 133 Å². The summed E-state index contributed by atoms with van der Waals surface area (Å²) < 4.78 is 32.2. The Balaban J connectivity index is 1.22. The molecule has 364 valence electrons. The van der Waals surface area contributed by atoms with Crippen LogP contribution in [0.5, 0.6) is 0 Å². The molecule has 2 saturated carbocycles. The number of nitrogens with one attached hydrogen (secondary N) is 1. The monoisotopic (exact) mass is 955 g/mol. The van der Waals surface area contributed by atoms with E-state index >= 15 is 4.79 Å². The maximum atomic E-state index is 16.1. The van der Waals surface area contributed by atoms with Gasteiger partial charge in [-0.1, -0.05) is 92.7 Å². The van der Waals surface area contributed by atoms with Crippen molar-refractivity contribution < 1.29 is 67.8 Å². The molecule has 1 aliphatic heterocycles. The molecule has 1 saturated heterocycles. The number of para-hydroxylation sites is 2. The second kappa shape index (κ2) is 18.0. The maximum absolute atomic E-state index is 16.1. The number of nitrogens with zero attached hydrogens (tertiary/aromatic N) is 2. The van der Waals surface area contributed by atoms with E-state index in [1.807, 2.05) is 0 Å². The lowest BCUT2D eigenvalue weighted by molar-refractivity contribution is -0.345. The van der Waals surface area contributed by atoms with Crippen molar-refractivity contribution in [3.63, 3.8) is 0 Å². The molecule has 11 atom stereocenters. The number of ether oxygens (including phenoxy) is 5. The topological polar surface area (TPSA) is 239 Å².